The first kappa shape index (κ1) is 12.4. The maximum absolute atomic E-state index is 11.9. The number of methoxy groups -OCH3 is 1. The summed E-state index contributed by atoms with van der Waals surface area (Å²) in [6, 6.07) is 0.317. The molecule has 1 unspecified atom stereocenters. The third-order valence-electron chi connectivity index (χ3n) is 3.99. The monoisotopic (exact) mass is 239 g/mol. The van der Waals surface area contributed by atoms with Crippen molar-refractivity contribution >= 4 is 11.9 Å². The number of hydrogen-bond donors (Lipinski definition) is 1. The average Bonchev–Trinajstić information content (AvgIpc) is 3.11. The van der Waals surface area contributed by atoms with E-state index in [2.05, 4.69) is 17.0 Å². The Hall–Kier alpha value is -1.06. The van der Waals surface area contributed by atoms with Gasteiger partial charge >= 0.3 is 5.97 Å². The summed E-state index contributed by atoms with van der Waals surface area (Å²) >= 11 is 0. The molecule has 0 aliphatic heterocycles. The van der Waals surface area contributed by atoms with Gasteiger partial charge in [-0.25, -0.2) is 0 Å². The number of carbonyl (C=O) groups excluding carboxylic acids is 2. The van der Waals surface area contributed by atoms with Crippen molar-refractivity contribution in [1.29, 1.82) is 0 Å². The summed E-state index contributed by atoms with van der Waals surface area (Å²) in [5.41, 5.74) is 0. The van der Waals surface area contributed by atoms with Crippen LogP contribution in [0.3, 0.4) is 0 Å². The minimum absolute atomic E-state index is 0.0416. The molecule has 4 nitrogen and oxygen atoms in total. The Morgan fingerprint density at radius 2 is 1.76 bits per heavy atom. The van der Waals surface area contributed by atoms with Crippen LogP contribution in [-0.2, 0) is 14.3 Å². The van der Waals surface area contributed by atoms with Crippen molar-refractivity contribution < 1.29 is 14.3 Å². The Labute approximate surface area is 102 Å². The summed E-state index contributed by atoms with van der Waals surface area (Å²) in [7, 11) is 1.37. The zero-order chi connectivity index (χ0) is 12.4. The molecule has 0 spiro atoms. The molecule has 2 aliphatic rings. The van der Waals surface area contributed by atoms with Crippen LogP contribution in [0.15, 0.2) is 0 Å². The Morgan fingerprint density at radius 3 is 2.35 bits per heavy atom. The maximum Gasteiger partial charge on any atom is 0.309 e. The topological polar surface area (TPSA) is 55.4 Å². The highest BCUT2D eigenvalue weighted by molar-refractivity contribution is 5.90. The van der Waals surface area contributed by atoms with Crippen LogP contribution in [0.1, 0.15) is 39.0 Å². The molecule has 0 aromatic heterocycles. The summed E-state index contributed by atoms with van der Waals surface area (Å²) in [6.07, 6.45) is 5.18. The summed E-state index contributed by atoms with van der Waals surface area (Å²) < 4.78 is 4.64. The van der Waals surface area contributed by atoms with Crippen LogP contribution in [0.25, 0.3) is 0 Å². The molecule has 2 aliphatic carbocycles. The smallest absolute Gasteiger partial charge is 0.309 e. The van der Waals surface area contributed by atoms with Crippen molar-refractivity contribution in [2.24, 2.45) is 17.8 Å². The average molecular weight is 239 g/mol. The van der Waals surface area contributed by atoms with Gasteiger partial charge in [-0.05, 0) is 38.0 Å². The molecule has 17 heavy (non-hydrogen) atoms. The molecular weight excluding hydrogens is 218 g/mol. The second-order valence-electron chi connectivity index (χ2n) is 5.44. The second-order valence-corrected chi connectivity index (χ2v) is 5.44. The van der Waals surface area contributed by atoms with E-state index in [-0.39, 0.29) is 23.7 Å². The lowest BCUT2D eigenvalue weighted by atomic mass is 9.87. The van der Waals surface area contributed by atoms with Crippen molar-refractivity contribution in [3.05, 3.63) is 0 Å². The summed E-state index contributed by atoms with van der Waals surface area (Å²) in [6.45, 7) is 2.26. The van der Waals surface area contributed by atoms with Crippen LogP contribution in [-0.4, -0.2) is 25.0 Å². The molecule has 2 saturated carbocycles. The van der Waals surface area contributed by atoms with Gasteiger partial charge < -0.3 is 10.1 Å². The van der Waals surface area contributed by atoms with E-state index in [1.54, 1.807) is 0 Å². The fraction of sp³-hybridized carbons (Fsp3) is 0.846. The molecule has 0 saturated heterocycles. The van der Waals surface area contributed by atoms with Gasteiger partial charge in [-0.2, -0.15) is 0 Å². The molecule has 1 amide bonds. The molecule has 4 heteroatoms. The number of hydrogen-bond acceptors (Lipinski definition) is 3. The largest absolute Gasteiger partial charge is 0.469 e. The zero-order valence-corrected chi connectivity index (χ0v) is 10.6. The standard InChI is InChI=1S/C13H21NO3/c1-8-3-5-9(6-4-8)14-12(15)10-7-11(10)13(16)17-2/h8-11H,3-7H2,1-2H3,(H,14,15)/t8?,9?,10-,11?/m0/s1. The lowest BCUT2D eigenvalue weighted by Crippen LogP contribution is -2.38. The molecular formula is C13H21NO3. The highest BCUT2D eigenvalue weighted by Crippen LogP contribution is 2.39. The van der Waals surface area contributed by atoms with Crippen molar-refractivity contribution in [2.45, 2.75) is 45.1 Å². The third kappa shape index (κ3) is 2.99. The summed E-state index contributed by atoms with van der Waals surface area (Å²) in [5, 5.41) is 3.06. The highest BCUT2D eigenvalue weighted by atomic mass is 16.5. The molecule has 0 aromatic rings. The first-order valence-electron chi connectivity index (χ1n) is 6.50. The Kier molecular flexibility index (Phi) is 3.69. The normalized spacial score (nSPS) is 36.1. The minimum Gasteiger partial charge on any atom is -0.469 e. The first-order valence-corrected chi connectivity index (χ1v) is 6.50. The molecule has 0 heterocycles. The van der Waals surface area contributed by atoms with E-state index in [1.807, 2.05) is 0 Å². The second kappa shape index (κ2) is 5.07. The van der Waals surface area contributed by atoms with Gasteiger partial charge in [-0.3, -0.25) is 9.59 Å². The molecule has 0 bridgehead atoms. The van der Waals surface area contributed by atoms with Crippen molar-refractivity contribution in [3.8, 4) is 0 Å². The van der Waals surface area contributed by atoms with E-state index in [4.69, 9.17) is 0 Å². The van der Waals surface area contributed by atoms with Crippen molar-refractivity contribution in [1.82, 2.24) is 5.32 Å². The Balaban J connectivity index is 1.74. The zero-order valence-electron chi connectivity index (χ0n) is 10.6. The number of ether oxygens (including phenoxy) is 1. The van der Waals surface area contributed by atoms with Crippen molar-refractivity contribution in [3.63, 3.8) is 0 Å². The highest BCUT2D eigenvalue weighted by Gasteiger charge is 2.49. The molecule has 2 fully saturated rings. The van der Waals surface area contributed by atoms with Crippen LogP contribution in [0, 0.1) is 17.8 Å². The lowest BCUT2D eigenvalue weighted by molar-refractivity contribution is -0.143. The van der Waals surface area contributed by atoms with Crippen LogP contribution in [0.2, 0.25) is 0 Å². The van der Waals surface area contributed by atoms with Gasteiger partial charge in [-0.15, -0.1) is 0 Å². The first-order chi connectivity index (χ1) is 8.11. The third-order valence-corrected chi connectivity index (χ3v) is 3.99. The van der Waals surface area contributed by atoms with E-state index in [1.165, 1.54) is 20.0 Å². The van der Waals surface area contributed by atoms with Crippen LogP contribution >= 0.6 is 0 Å². The molecule has 0 aromatic carbocycles. The predicted molar refractivity (Wildman–Crippen MR) is 63.2 cm³/mol. The maximum atomic E-state index is 11.9. The number of nitrogens with one attached hydrogen (secondary N) is 1. The molecule has 2 rings (SSSR count). The number of rotatable bonds is 3. The van der Waals surface area contributed by atoms with Crippen LogP contribution < -0.4 is 5.32 Å². The summed E-state index contributed by atoms with van der Waals surface area (Å²) in [5.74, 6) is 0.249. The summed E-state index contributed by atoms with van der Waals surface area (Å²) in [4.78, 5) is 23.1. The number of carbonyl (C=O) groups is 2. The van der Waals surface area contributed by atoms with Crippen LogP contribution in [0.4, 0.5) is 0 Å². The minimum atomic E-state index is -0.248. The van der Waals surface area contributed by atoms with E-state index >= 15 is 0 Å². The predicted octanol–water partition coefficient (Wildman–Crippen LogP) is 1.49. The fourth-order valence-electron chi connectivity index (χ4n) is 2.61. The van der Waals surface area contributed by atoms with E-state index in [9.17, 15) is 9.59 Å². The van der Waals surface area contributed by atoms with Crippen molar-refractivity contribution in [2.75, 3.05) is 7.11 Å². The van der Waals surface area contributed by atoms with Gasteiger partial charge in [0.15, 0.2) is 0 Å². The van der Waals surface area contributed by atoms with E-state index in [0.717, 1.165) is 18.8 Å². The van der Waals surface area contributed by atoms with Gasteiger partial charge in [0.1, 0.15) is 0 Å². The molecule has 1 N–H and O–H groups in total. The van der Waals surface area contributed by atoms with Crippen LogP contribution in [0.5, 0.6) is 0 Å². The molecule has 2 atom stereocenters. The van der Waals surface area contributed by atoms with Gasteiger partial charge in [0, 0.05) is 6.04 Å². The van der Waals surface area contributed by atoms with Gasteiger partial charge in [-0.1, -0.05) is 6.92 Å². The Morgan fingerprint density at radius 1 is 1.12 bits per heavy atom. The SMILES string of the molecule is COC(=O)C1C[C@@H]1C(=O)NC1CCC(C)CC1. The van der Waals surface area contributed by atoms with E-state index < -0.39 is 0 Å². The molecule has 96 valence electrons. The number of esters is 1. The molecule has 0 radical (unpaired) electrons. The fourth-order valence-corrected chi connectivity index (χ4v) is 2.61. The Bertz CT molecular complexity index is 308. The quantitative estimate of drug-likeness (QED) is 0.759. The van der Waals surface area contributed by atoms with Gasteiger partial charge in [0.25, 0.3) is 0 Å². The van der Waals surface area contributed by atoms with E-state index in [0.29, 0.717) is 12.5 Å². The van der Waals surface area contributed by atoms with Gasteiger partial charge in [0.2, 0.25) is 5.91 Å². The lowest BCUT2D eigenvalue weighted by Gasteiger charge is -2.26. The van der Waals surface area contributed by atoms with Gasteiger partial charge in [0.05, 0.1) is 18.9 Å². The number of amides is 1.